The summed E-state index contributed by atoms with van der Waals surface area (Å²) >= 11 is 6.60. The SMILES string of the molecule is C=C[C@H](N)c1cc(OC)c(O)c(Br)c1Br. The Kier molecular flexibility index (Phi) is 4.19. The van der Waals surface area contributed by atoms with Crippen LogP contribution in [0.3, 0.4) is 0 Å². The largest absolute Gasteiger partial charge is 0.503 e. The van der Waals surface area contributed by atoms with Gasteiger partial charge in [0.05, 0.1) is 11.6 Å². The Hall–Kier alpha value is -0.520. The van der Waals surface area contributed by atoms with E-state index in [0.717, 1.165) is 5.56 Å². The molecule has 82 valence electrons. The van der Waals surface area contributed by atoms with E-state index >= 15 is 0 Å². The molecule has 0 saturated heterocycles. The molecule has 1 rings (SSSR count). The molecule has 0 heterocycles. The molecule has 0 aliphatic heterocycles. The fraction of sp³-hybridized carbons (Fsp3) is 0.200. The predicted octanol–water partition coefficient (Wildman–Crippen LogP) is 3.11. The molecule has 1 atom stereocenters. The first-order valence-electron chi connectivity index (χ1n) is 4.15. The Morgan fingerprint density at radius 2 is 2.13 bits per heavy atom. The lowest BCUT2D eigenvalue weighted by Crippen LogP contribution is -2.08. The summed E-state index contributed by atoms with van der Waals surface area (Å²) in [4.78, 5) is 0. The number of aromatic hydroxyl groups is 1. The number of rotatable bonds is 3. The van der Waals surface area contributed by atoms with E-state index in [1.165, 1.54) is 7.11 Å². The van der Waals surface area contributed by atoms with Gasteiger partial charge in [0.25, 0.3) is 0 Å². The molecule has 0 aliphatic rings. The second-order valence-corrected chi connectivity index (χ2v) is 4.49. The van der Waals surface area contributed by atoms with Crippen molar-refractivity contribution in [3.63, 3.8) is 0 Å². The summed E-state index contributed by atoms with van der Waals surface area (Å²) in [5.41, 5.74) is 6.63. The number of ether oxygens (including phenoxy) is 1. The summed E-state index contributed by atoms with van der Waals surface area (Å²) < 4.78 is 6.25. The van der Waals surface area contributed by atoms with Gasteiger partial charge in [0.1, 0.15) is 0 Å². The van der Waals surface area contributed by atoms with E-state index in [4.69, 9.17) is 10.5 Å². The molecule has 3 N–H and O–H groups in total. The number of methoxy groups -OCH3 is 1. The van der Waals surface area contributed by atoms with Crippen molar-refractivity contribution >= 4 is 31.9 Å². The molecule has 3 nitrogen and oxygen atoms in total. The van der Waals surface area contributed by atoms with Gasteiger partial charge < -0.3 is 15.6 Å². The highest BCUT2D eigenvalue weighted by Gasteiger charge is 2.17. The standard InChI is InChI=1S/C10H11Br2NO2/c1-3-6(13)5-4-7(15-2)10(14)9(12)8(5)11/h3-4,6,14H,1,13H2,2H3/t6-/m0/s1. The van der Waals surface area contributed by atoms with Gasteiger partial charge in [-0.15, -0.1) is 6.58 Å². The van der Waals surface area contributed by atoms with Crippen LogP contribution in [0.4, 0.5) is 0 Å². The Bertz CT molecular complexity index is 393. The Balaban J connectivity index is 3.41. The van der Waals surface area contributed by atoms with Crippen molar-refractivity contribution in [2.24, 2.45) is 5.73 Å². The molecular weight excluding hydrogens is 326 g/mol. The van der Waals surface area contributed by atoms with E-state index in [1.807, 2.05) is 0 Å². The summed E-state index contributed by atoms with van der Waals surface area (Å²) in [5, 5.41) is 9.69. The van der Waals surface area contributed by atoms with Crippen LogP contribution in [0.2, 0.25) is 0 Å². The van der Waals surface area contributed by atoms with Crippen LogP contribution in [-0.4, -0.2) is 12.2 Å². The maximum atomic E-state index is 9.69. The second-order valence-electron chi connectivity index (χ2n) is 2.91. The van der Waals surface area contributed by atoms with Gasteiger partial charge in [-0.3, -0.25) is 0 Å². The van der Waals surface area contributed by atoms with Crippen molar-refractivity contribution in [3.8, 4) is 11.5 Å². The minimum absolute atomic E-state index is 0.0457. The van der Waals surface area contributed by atoms with Gasteiger partial charge in [0.2, 0.25) is 0 Å². The number of hydrogen-bond acceptors (Lipinski definition) is 3. The third-order valence-corrected chi connectivity index (χ3v) is 4.17. The monoisotopic (exact) mass is 335 g/mol. The van der Waals surface area contributed by atoms with Crippen LogP contribution >= 0.6 is 31.9 Å². The van der Waals surface area contributed by atoms with Crippen LogP contribution in [0.1, 0.15) is 11.6 Å². The van der Waals surface area contributed by atoms with Crippen molar-refractivity contribution in [2.75, 3.05) is 7.11 Å². The number of phenolic OH excluding ortho intramolecular Hbond substituents is 1. The molecule has 0 bridgehead atoms. The van der Waals surface area contributed by atoms with Gasteiger partial charge in [-0.2, -0.15) is 0 Å². The zero-order chi connectivity index (χ0) is 11.6. The number of benzene rings is 1. The van der Waals surface area contributed by atoms with Crippen LogP contribution in [-0.2, 0) is 0 Å². The van der Waals surface area contributed by atoms with Crippen molar-refractivity contribution in [1.29, 1.82) is 0 Å². The van der Waals surface area contributed by atoms with Crippen LogP contribution in [0.5, 0.6) is 11.5 Å². The molecule has 1 aromatic rings. The molecular formula is C10H11Br2NO2. The topological polar surface area (TPSA) is 55.5 Å². The number of phenols is 1. The molecule has 0 radical (unpaired) electrons. The third-order valence-electron chi connectivity index (χ3n) is 2.01. The van der Waals surface area contributed by atoms with Crippen LogP contribution in [0.25, 0.3) is 0 Å². The maximum Gasteiger partial charge on any atom is 0.173 e. The Morgan fingerprint density at radius 3 is 2.60 bits per heavy atom. The molecule has 0 spiro atoms. The molecule has 5 heteroatoms. The average Bonchev–Trinajstić information content (AvgIpc) is 2.25. The van der Waals surface area contributed by atoms with Gasteiger partial charge in [0, 0.05) is 10.5 Å². The summed E-state index contributed by atoms with van der Waals surface area (Å²) in [5.74, 6) is 0.418. The lowest BCUT2D eigenvalue weighted by Gasteiger charge is -2.14. The Labute approximate surface area is 105 Å². The normalized spacial score (nSPS) is 12.3. The number of hydrogen-bond donors (Lipinski definition) is 2. The van der Waals surface area contributed by atoms with Gasteiger partial charge in [0.15, 0.2) is 11.5 Å². The molecule has 15 heavy (non-hydrogen) atoms. The third kappa shape index (κ3) is 2.35. The average molecular weight is 337 g/mol. The van der Waals surface area contributed by atoms with Gasteiger partial charge in [-0.25, -0.2) is 0 Å². The minimum Gasteiger partial charge on any atom is -0.503 e. The molecule has 0 fully saturated rings. The summed E-state index contributed by atoms with van der Waals surface area (Å²) in [6.07, 6.45) is 1.61. The minimum atomic E-state index is -0.315. The zero-order valence-electron chi connectivity index (χ0n) is 8.13. The first kappa shape index (κ1) is 12.5. The van der Waals surface area contributed by atoms with Crippen LogP contribution in [0, 0.1) is 0 Å². The van der Waals surface area contributed by atoms with Crippen LogP contribution < -0.4 is 10.5 Å². The van der Waals surface area contributed by atoms with Crippen molar-refractivity contribution in [1.82, 2.24) is 0 Å². The first-order valence-corrected chi connectivity index (χ1v) is 5.74. The van der Waals surface area contributed by atoms with Crippen molar-refractivity contribution < 1.29 is 9.84 Å². The van der Waals surface area contributed by atoms with E-state index in [1.54, 1.807) is 12.1 Å². The summed E-state index contributed by atoms with van der Waals surface area (Å²) in [6.45, 7) is 3.62. The van der Waals surface area contributed by atoms with Crippen molar-refractivity contribution in [2.45, 2.75) is 6.04 Å². The van der Waals surface area contributed by atoms with E-state index in [2.05, 4.69) is 38.4 Å². The highest BCUT2D eigenvalue weighted by atomic mass is 79.9. The van der Waals surface area contributed by atoms with Crippen LogP contribution in [0.15, 0.2) is 27.7 Å². The summed E-state index contributed by atoms with van der Waals surface area (Å²) in [7, 11) is 1.48. The van der Waals surface area contributed by atoms with E-state index in [-0.39, 0.29) is 11.8 Å². The molecule has 1 aromatic carbocycles. The summed E-state index contributed by atoms with van der Waals surface area (Å²) in [6, 6.07) is 1.36. The lowest BCUT2D eigenvalue weighted by atomic mass is 10.1. The van der Waals surface area contributed by atoms with Gasteiger partial charge in [-0.1, -0.05) is 6.08 Å². The zero-order valence-corrected chi connectivity index (χ0v) is 11.3. The smallest absolute Gasteiger partial charge is 0.173 e. The van der Waals surface area contributed by atoms with Crippen molar-refractivity contribution in [3.05, 3.63) is 33.2 Å². The quantitative estimate of drug-likeness (QED) is 0.834. The van der Waals surface area contributed by atoms with E-state index in [9.17, 15) is 5.11 Å². The van der Waals surface area contributed by atoms with Gasteiger partial charge in [-0.05, 0) is 43.5 Å². The predicted molar refractivity (Wildman–Crippen MR) is 67.2 cm³/mol. The molecule has 0 unspecified atom stereocenters. The van der Waals surface area contributed by atoms with E-state index < -0.39 is 0 Å². The lowest BCUT2D eigenvalue weighted by molar-refractivity contribution is 0.371. The second kappa shape index (κ2) is 5.01. The maximum absolute atomic E-state index is 9.69. The first-order chi connectivity index (χ1) is 7.02. The Morgan fingerprint density at radius 1 is 1.53 bits per heavy atom. The number of nitrogens with two attached hydrogens (primary N) is 1. The fourth-order valence-corrected chi connectivity index (χ4v) is 2.13. The van der Waals surface area contributed by atoms with E-state index in [0.29, 0.717) is 14.7 Å². The highest BCUT2D eigenvalue weighted by molar-refractivity contribution is 9.13. The fourth-order valence-electron chi connectivity index (χ4n) is 1.14. The van der Waals surface area contributed by atoms with Gasteiger partial charge >= 0.3 is 0 Å². The molecule has 0 aliphatic carbocycles. The number of halogens is 2. The highest BCUT2D eigenvalue weighted by Crippen LogP contribution is 2.43. The molecule has 0 saturated carbocycles. The molecule has 0 amide bonds. The molecule has 0 aromatic heterocycles.